The van der Waals surface area contributed by atoms with Crippen molar-refractivity contribution in [1.29, 1.82) is 0 Å². The van der Waals surface area contributed by atoms with E-state index in [2.05, 4.69) is 0 Å². The van der Waals surface area contributed by atoms with Gasteiger partial charge in [-0.2, -0.15) is 0 Å². The average Bonchev–Trinajstić information content (AvgIpc) is 2.51. The van der Waals surface area contributed by atoms with Crippen LogP contribution in [0.2, 0.25) is 0 Å². The summed E-state index contributed by atoms with van der Waals surface area (Å²) in [5.41, 5.74) is 0.374. The zero-order chi connectivity index (χ0) is 10.6. The van der Waals surface area contributed by atoms with Gasteiger partial charge in [-0.15, -0.1) is 11.8 Å². The number of aryl methyl sites for hydroxylation is 1. The van der Waals surface area contributed by atoms with Crippen molar-refractivity contribution >= 4 is 17.7 Å². The summed E-state index contributed by atoms with van der Waals surface area (Å²) in [5, 5.41) is 8.60. The minimum atomic E-state index is -0.866. The molecule has 0 amide bonds. The zero-order valence-corrected chi connectivity index (χ0v) is 8.93. The van der Waals surface area contributed by atoms with Crippen molar-refractivity contribution in [2.45, 2.75) is 18.7 Å². The third kappa shape index (κ3) is 2.96. The molecule has 1 aromatic heterocycles. The van der Waals surface area contributed by atoms with Gasteiger partial charge in [0, 0.05) is 16.2 Å². The maximum atomic E-state index is 10.5. The first kappa shape index (κ1) is 10.9. The van der Waals surface area contributed by atoms with Gasteiger partial charge in [0.15, 0.2) is 0 Å². The fraction of sp³-hybridized carbons (Fsp3) is 0.300. The minimum Gasteiger partial charge on any atom is -0.478 e. The van der Waals surface area contributed by atoms with E-state index in [1.165, 1.54) is 0 Å². The number of rotatable bonds is 4. The third-order valence-corrected chi connectivity index (χ3v) is 2.84. The van der Waals surface area contributed by atoms with Crippen LogP contribution in [0, 0.1) is 6.92 Å². The first-order valence-electron chi connectivity index (χ1n) is 4.18. The van der Waals surface area contributed by atoms with Crippen LogP contribution in [0.5, 0.6) is 0 Å². The molecule has 0 fully saturated rings. The van der Waals surface area contributed by atoms with Gasteiger partial charge < -0.3 is 9.52 Å². The summed E-state index contributed by atoms with van der Waals surface area (Å²) in [6.45, 7) is 3.47. The van der Waals surface area contributed by atoms with Gasteiger partial charge in [0.2, 0.25) is 0 Å². The minimum absolute atomic E-state index is 0.374. The highest BCUT2D eigenvalue weighted by Crippen LogP contribution is 2.23. The predicted octanol–water partition coefficient (Wildman–Crippen LogP) is 2.71. The molecule has 0 aliphatic rings. The second kappa shape index (κ2) is 4.91. The SMILES string of the molecule is C/C(=C/CSc1ccoc1C)C(=O)O. The number of carboxylic acid groups (broad SMARTS) is 1. The largest absolute Gasteiger partial charge is 0.478 e. The predicted molar refractivity (Wildman–Crippen MR) is 55.6 cm³/mol. The van der Waals surface area contributed by atoms with E-state index in [1.807, 2.05) is 13.0 Å². The zero-order valence-electron chi connectivity index (χ0n) is 8.11. The van der Waals surface area contributed by atoms with E-state index in [0.717, 1.165) is 10.7 Å². The molecule has 0 atom stereocenters. The molecule has 0 aliphatic heterocycles. The van der Waals surface area contributed by atoms with E-state index < -0.39 is 5.97 Å². The molecule has 0 radical (unpaired) electrons. The Morgan fingerprint density at radius 2 is 2.43 bits per heavy atom. The Bertz CT molecular complexity index is 352. The first-order chi connectivity index (χ1) is 6.61. The van der Waals surface area contributed by atoms with Crippen molar-refractivity contribution in [3.8, 4) is 0 Å². The van der Waals surface area contributed by atoms with Crippen LogP contribution in [0.1, 0.15) is 12.7 Å². The Hall–Kier alpha value is -1.16. The van der Waals surface area contributed by atoms with Crippen LogP contribution in [-0.2, 0) is 4.79 Å². The lowest BCUT2D eigenvalue weighted by Gasteiger charge is -1.95. The smallest absolute Gasteiger partial charge is 0.330 e. The van der Waals surface area contributed by atoms with Gasteiger partial charge in [-0.05, 0) is 19.9 Å². The van der Waals surface area contributed by atoms with Gasteiger partial charge in [-0.1, -0.05) is 6.08 Å². The van der Waals surface area contributed by atoms with Gasteiger partial charge in [-0.3, -0.25) is 0 Å². The van der Waals surface area contributed by atoms with Crippen molar-refractivity contribution in [1.82, 2.24) is 0 Å². The molecular weight excluding hydrogens is 200 g/mol. The van der Waals surface area contributed by atoms with Crippen molar-refractivity contribution < 1.29 is 14.3 Å². The van der Waals surface area contributed by atoms with Crippen LogP contribution in [0.4, 0.5) is 0 Å². The summed E-state index contributed by atoms with van der Waals surface area (Å²) in [5.74, 6) is 0.657. The summed E-state index contributed by atoms with van der Waals surface area (Å²) >= 11 is 1.57. The second-order valence-electron chi connectivity index (χ2n) is 2.84. The molecule has 0 saturated heterocycles. The molecule has 0 saturated carbocycles. The van der Waals surface area contributed by atoms with Gasteiger partial charge in [0.25, 0.3) is 0 Å². The molecule has 1 N–H and O–H groups in total. The maximum Gasteiger partial charge on any atom is 0.330 e. The third-order valence-electron chi connectivity index (χ3n) is 1.78. The Balaban J connectivity index is 2.46. The van der Waals surface area contributed by atoms with E-state index >= 15 is 0 Å². The van der Waals surface area contributed by atoms with E-state index in [0.29, 0.717) is 11.3 Å². The summed E-state index contributed by atoms with van der Waals surface area (Å²) < 4.78 is 5.11. The molecule has 0 spiro atoms. The van der Waals surface area contributed by atoms with Crippen molar-refractivity contribution in [3.05, 3.63) is 29.7 Å². The molecule has 76 valence electrons. The first-order valence-corrected chi connectivity index (χ1v) is 5.16. The van der Waals surface area contributed by atoms with Crippen LogP contribution in [0.3, 0.4) is 0 Å². The highest BCUT2D eigenvalue weighted by atomic mass is 32.2. The van der Waals surface area contributed by atoms with Crippen LogP contribution in [0.25, 0.3) is 0 Å². The van der Waals surface area contributed by atoms with Gasteiger partial charge in [-0.25, -0.2) is 4.79 Å². The number of hydrogen-bond donors (Lipinski definition) is 1. The van der Waals surface area contributed by atoms with Gasteiger partial charge >= 0.3 is 5.97 Å². The lowest BCUT2D eigenvalue weighted by atomic mass is 10.3. The highest BCUT2D eigenvalue weighted by molar-refractivity contribution is 7.99. The number of aliphatic carboxylic acids is 1. The topological polar surface area (TPSA) is 50.4 Å². The molecule has 0 aromatic carbocycles. The number of furan rings is 1. The van der Waals surface area contributed by atoms with Gasteiger partial charge in [0.05, 0.1) is 6.26 Å². The summed E-state index contributed by atoms with van der Waals surface area (Å²) in [6.07, 6.45) is 3.32. The second-order valence-corrected chi connectivity index (χ2v) is 3.91. The summed E-state index contributed by atoms with van der Waals surface area (Å²) in [6, 6.07) is 1.88. The molecular formula is C10H12O3S. The van der Waals surface area contributed by atoms with E-state index in [4.69, 9.17) is 9.52 Å². The number of thioether (sulfide) groups is 1. The van der Waals surface area contributed by atoms with Crippen LogP contribution in [0.15, 0.2) is 33.3 Å². The lowest BCUT2D eigenvalue weighted by Crippen LogP contribution is -1.96. The summed E-state index contributed by atoms with van der Waals surface area (Å²) in [7, 11) is 0. The fourth-order valence-corrected chi connectivity index (χ4v) is 1.78. The average molecular weight is 212 g/mol. The monoisotopic (exact) mass is 212 g/mol. The van der Waals surface area contributed by atoms with Crippen molar-refractivity contribution in [2.75, 3.05) is 5.75 Å². The van der Waals surface area contributed by atoms with Crippen LogP contribution < -0.4 is 0 Å². The number of carboxylic acids is 1. The Labute approximate surface area is 86.8 Å². The molecule has 3 nitrogen and oxygen atoms in total. The summed E-state index contributed by atoms with van der Waals surface area (Å²) in [4.78, 5) is 11.5. The quantitative estimate of drug-likeness (QED) is 0.616. The van der Waals surface area contributed by atoms with E-state index in [-0.39, 0.29) is 0 Å². The van der Waals surface area contributed by atoms with Crippen LogP contribution in [-0.4, -0.2) is 16.8 Å². The Kier molecular flexibility index (Phi) is 3.83. The maximum absolute atomic E-state index is 10.5. The number of carbonyl (C=O) groups is 1. The van der Waals surface area contributed by atoms with Crippen molar-refractivity contribution in [3.63, 3.8) is 0 Å². The van der Waals surface area contributed by atoms with Crippen molar-refractivity contribution in [2.24, 2.45) is 0 Å². The molecule has 0 bridgehead atoms. The Morgan fingerprint density at radius 3 is 2.93 bits per heavy atom. The number of hydrogen-bond acceptors (Lipinski definition) is 3. The normalized spacial score (nSPS) is 11.7. The molecule has 0 aliphatic carbocycles. The van der Waals surface area contributed by atoms with E-state index in [1.54, 1.807) is 31.0 Å². The molecule has 0 unspecified atom stereocenters. The van der Waals surface area contributed by atoms with Crippen LogP contribution >= 0.6 is 11.8 Å². The molecule has 4 heteroatoms. The standard InChI is InChI=1S/C10H12O3S/c1-7(10(11)12)4-6-14-9-3-5-13-8(9)2/h3-5H,6H2,1-2H3,(H,11,12)/b7-4-. The lowest BCUT2D eigenvalue weighted by molar-refractivity contribution is -0.132. The molecule has 1 heterocycles. The fourth-order valence-electron chi connectivity index (χ4n) is 0.867. The molecule has 1 rings (SSSR count). The molecule has 1 aromatic rings. The highest BCUT2D eigenvalue weighted by Gasteiger charge is 2.02. The Morgan fingerprint density at radius 1 is 1.71 bits per heavy atom. The molecule has 14 heavy (non-hydrogen) atoms. The van der Waals surface area contributed by atoms with E-state index in [9.17, 15) is 4.79 Å². The van der Waals surface area contributed by atoms with Gasteiger partial charge in [0.1, 0.15) is 5.76 Å².